The van der Waals surface area contributed by atoms with Gasteiger partial charge in [-0.1, -0.05) is 12.5 Å². The summed E-state index contributed by atoms with van der Waals surface area (Å²) in [5.74, 6) is -1.29. The summed E-state index contributed by atoms with van der Waals surface area (Å²) in [5.41, 5.74) is 0.659. The number of carbonyl (C=O) groups is 2. The Morgan fingerprint density at radius 3 is 1.69 bits per heavy atom. The van der Waals surface area contributed by atoms with Crippen molar-refractivity contribution in [2.75, 3.05) is 14.2 Å². The quantitative estimate of drug-likeness (QED) is 0.286. The molecule has 0 radical (unpaired) electrons. The second-order valence-corrected chi connectivity index (χ2v) is 2.49. The van der Waals surface area contributed by atoms with Gasteiger partial charge in [0.05, 0.1) is 14.2 Å². The molecule has 0 aliphatic heterocycles. The number of esters is 2. The third-order valence-electron chi connectivity index (χ3n) is 1.74. The first-order valence-electron chi connectivity index (χ1n) is 3.94. The molecule has 0 bridgehead atoms. The largest absolute Gasteiger partial charge is 0.465 e. The highest BCUT2D eigenvalue weighted by Crippen LogP contribution is 2.11. The van der Waals surface area contributed by atoms with Crippen LogP contribution in [0.4, 0.5) is 0 Å². The summed E-state index contributed by atoms with van der Waals surface area (Å²) >= 11 is 0. The number of hydrogen-bond donors (Lipinski definition) is 0. The van der Waals surface area contributed by atoms with E-state index in [9.17, 15) is 9.59 Å². The summed E-state index contributed by atoms with van der Waals surface area (Å²) in [7, 11) is 2.46. The summed E-state index contributed by atoms with van der Waals surface area (Å²) in [6.07, 6.45) is 0.611. The Morgan fingerprint density at radius 2 is 1.46 bits per heavy atom. The van der Waals surface area contributed by atoms with Crippen LogP contribution in [-0.4, -0.2) is 26.2 Å². The highest BCUT2D eigenvalue weighted by molar-refractivity contribution is 6.14. The molecule has 0 aromatic heterocycles. The van der Waals surface area contributed by atoms with Gasteiger partial charge in [0.2, 0.25) is 0 Å². The van der Waals surface area contributed by atoms with E-state index >= 15 is 0 Å². The normalized spacial score (nSPS) is 8.92. The molecule has 0 fully saturated rings. The summed E-state index contributed by atoms with van der Waals surface area (Å²) in [6, 6.07) is 0. The molecule has 0 unspecified atom stereocenters. The monoisotopic (exact) mass is 186 g/mol. The van der Waals surface area contributed by atoms with Crippen LogP contribution in [0.15, 0.2) is 11.1 Å². The van der Waals surface area contributed by atoms with E-state index in [2.05, 4.69) is 9.47 Å². The van der Waals surface area contributed by atoms with E-state index in [1.807, 2.05) is 6.92 Å². The Hall–Kier alpha value is -1.32. The first kappa shape index (κ1) is 11.7. The smallest absolute Gasteiger partial charge is 0.345 e. The molecule has 0 aromatic carbocycles. The first-order valence-corrected chi connectivity index (χ1v) is 3.94. The molecule has 0 N–H and O–H groups in total. The zero-order chi connectivity index (χ0) is 10.4. The van der Waals surface area contributed by atoms with Gasteiger partial charge in [-0.25, -0.2) is 9.59 Å². The third-order valence-corrected chi connectivity index (χ3v) is 1.74. The molecule has 0 aromatic rings. The minimum absolute atomic E-state index is 0.00694. The van der Waals surface area contributed by atoms with Gasteiger partial charge in [-0.3, -0.25) is 0 Å². The fourth-order valence-corrected chi connectivity index (χ4v) is 0.813. The highest BCUT2D eigenvalue weighted by Gasteiger charge is 2.21. The molecule has 0 aliphatic carbocycles. The van der Waals surface area contributed by atoms with E-state index in [1.54, 1.807) is 6.92 Å². The molecule has 4 nitrogen and oxygen atoms in total. The second-order valence-electron chi connectivity index (χ2n) is 2.49. The van der Waals surface area contributed by atoms with Crippen LogP contribution >= 0.6 is 0 Å². The average Bonchev–Trinajstić information content (AvgIpc) is 2.16. The lowest BCUT2D eigenvalue weighted by Crippen LogP contribution is -2.17. The van der Waals surface area contributed by atoms with Gasteiger partial charge in [-0.05, 0) is 13.3 Å². The molecule has 0 saturated carbocycles. The highest BCUT2D eigenvalue weighted by atomic mass is 16.5. The summed E-state index contributed by atoms with van der Waals surface area (Å²) < 4.78 is 8.92. The van der Waals surface area contributed by atoms with Gasteiger partial charge in [-0.2, -0.15) is 0 Å². The van der Waals surface area contributed by atoms with Crippen LogP contribution in [0.25, 0.3) is 0 Å². The van der Waals surface area contributed by atoms with Crippen molar-refractivity contribution in [2.24, 2.45) is 0 Å². The van der Waals surface area contributed by atoms with Crippen LogP contribution in [0.2, 0.25) is 0 Å². The third kappa shape index (κ3) is 2.89. The number of hydrogen-bond acceptors (Lipinski definition) is 4. The van der Waals surface area contributed by atoms with Gasteiger partial charge in [-0.15, -0.1) is 0 Å². The predicted molar refractivity (Wildman–Crippen MR) is 47.0 cm³/mol. The number of allylic oxidation sites excluding steroid dienone is 1. The molecule has 0 atom stereocenters. The number of ether oxygens (including phenoxy) is 2. The maximum atomic E-state index is 11.1. The van der Waals surface area contributed by atoms with Crippen molar-refractivity contribution in [3.05, 3.63) is 11.1 Å². The lowest BCUT2D eigenvalue weighted by atomic mass is 10.1. The Kier molecular flexibility index (Phi) is 4.80. The van der Waals surface area contributed by atoms with E-state index < -0.39 is 11.9 Å². The zero-order valence-corrected chi connectivity index (χ0v) is 8.34. The maximum absolute atomic E-state index is 11.1. The van der Waals surface area contributed by atoms with E-state index in [-0.39, 0.29) is 5.57 Å². The fourth-order valence-electron chi connectivity index (χ4n) is 0.813. The van der Waals surface area contributed by atoms with Crippen LogP contribution < -0.4 is 0 Å². The maximum Gasteiger partial charge on any atom is 0.345 e. The molecule has 0 saturated heterocycles. The van der Waals surface area contributed by atoms with Crippen LogP contribution in [-0.2, 0) is 19.1 Å². The van der Waals surface area contributed by atoms with Gasteiger partial charge >= 0.3 is 11.9 Å². The van der Waals surface area contributed by atoms with Gasteiger partial charge < -0.3 is 9.47 Å². The lowest BCUT2D eigenvalue weighted by molar-refractivity contribution is -0.144. The van der Waals surface area contributed by atoms with Gasteiger partial charge in [0.15, 0.2) is 0 Å². The molecule has 13 heavy (non-hydrogen) atoms. The number of methoxy groups -OCH3 is 2. The van der Waals surface area contributed by atoms with Crippen molar-refractivity contribution in [1.29, 1.82) is 0 Å². The van der Waals surface area contributed by atoms with Crippen molar-refractivity contribution in [2.45, 2.75) is 20.3 Å². The summed E-state index contributed by atoms with van der Waals surface area (Å²) in [5, 5.41) is 0. The van der Waals surface area contributed by atoms with Gasteiger partial charge in [0.25, 0.3) is 0 Å². The lowest BCUT2D eigenvalue weighted by Gasteiger charge is -2.06. The number of rotatable bonds is 3. The van der Waals surface area contributed by atoms with Crippen molar-refractivity contribution in [1.82, 2.24) is 0 Å². The fraction of sp³-hybridized carbons (Fsp3) is 0.556. The Labute approximate surface area is 77.5 Å². The van der Waals surface area contributed by atoms with Crippen molar-refractivity contribution in [3.63, 3.8) is 0 Å². The molecule has 4 heteroatoms. The first-order chi connectivity index (χ1) is 6.08. The van der Waals surface area contributed by atoms with Crippen LogP contribution in [0.1, 0.15) is 20.3 Å². The van der Waals surface area contributed by atoms with Gasteiger partial charge in [0.1, 0.15) is 5.57 Å². The van der Waals surface area contributed by atoms with Crippen LogP contribution in [0, 0.1) is 0 Å². The summed E-state index contributed by atoms with van der Waals surface area (Å²) in [6.45, 7) is 3.55. The van der Waals surface area contributed by atoms with Gasteiger partial charge in [0, 0.05) is 0 Å². The Bertz CT molecular complexity index is 222. The molecule has 0 aliphatic rings. The topological polar surface area (TPSA) is 52.6 Å². The van der Waals surface area contributed by atoms with E-state index in [4.69, 9.17) is 0 Å². The number of carbonyl (C=O) groups excluding carboxylic acids is 2. The van der Waals surface area contributed by atoms with Crippen molar-refractivity contribution < 1.29 is 19.1 Å². The zero-order valence-electron chi connectivity index (χ0n) is 8.34. The molecular weight excluding hydrogens is 172 g/mol. The molecule has 0 spiro atoms. The minimum atomic E-state index is -0.647. The molecule has 0 amide bonds. The molecule has 0 rings (SSSR count). The van der Waals surface area contributed by atoms with E-state index in [0.29, 0.717) is 12.0 Å². The average molecular weight is 186 g/mol. The van der Waals surface area contributed by atoms with Crippen molar-refractivity contribution >= 4 is 11.9 Å². The molecule has 74 valence electrons. The van der Waals surface area contributed by atoms with E-state index in [0.717, 1.165) is 0 Å². The van der Waals surface area contributed by atoms with Crippen LogP contribution in [0.3, 0.4) is 0 Å². The van der Waals surface area contributed by atoms with Crippen molar-refractivity contribution in [3.8, 4) is 0 Å². The standard InChI is InChI=1S/C9H14O4/c1-5-6(2)7(8(10)12-3)9(11)13-4/h5H2,1-4H3. The molecule has 0 heterocycles. The second kappa shape index (κ2) is 5.35. The van der Waals surface area contributed by atoms with E-state index in [1.165, 1.54) is 14.2 Å². The Balaban J connectivity index is 4.97. The Morgan fingerprint density at radius 1 is 1.08 bits per heavy atom. The summed E-state index contributed by atoms with van der Waals surface area (Å²) in [4.78, 5) is 22.3. The van der Waals surface area contributed by atoms with Crippen LogP contribution in [0.5, 0.6) is 0 Å². The SMILES string of the molecule is CCC(C)=C(C(=O)OC)C(=O)OC. The molecular formula is C9H14O4. The minimum Gasteiger partial charge on any atom is -0.465 e. The predicted octanol–water partition coefficient (Wildman–Crippen LogP) is 1.06.